The monoisotopic (exact) mass is 289 g/mol. The van der Waals surface area contributed by atoms with E-state index in [4.69, 9.17) is 0 Å². The Labute approximate surface area is 117 Å². The maximum atomic E-state index is 12.5. The molecule has 6 heteroatoms. The van der Waals surface area contributed by atoms with Crippen molar-refractivity contribution < 1.29 is 8.42 Å². The first-order chi connectivity index (χ1) is 8.99. The van der Waals surface area contributed by atoms with Crippen LogP contribution in [0.3, 0.4) is 0 Å². The molecule has 0 amide bonds. The van der Waals surface area contributed by atoms with Gasteiger partial charge in [-0.25, -0.2) is 12.7 Å². The minimum Gasteiger partial charge on any atom is -0.313 e. The lowest BCUT2D eigenvalue weighted by atomic mass is 10.1. The summed E-state index contributed by atoms with van der Waals surface area (Å²) >= 11 is 0. The zero-order valence-electron chi connectivity index (χ0n) is 12.1. The maximum Gasteiger partial charge on any atom is 0.215 e. The van der Waals surface area contributed by atoms with Gasteiger partial charge in [-0.15, -0.1) is 0 Å². The molecule has 2 saturated heterocycles. The molecule has 2 fully saturated rings. The van der Waals surface area contributed by atoms with E-state index in [1.807, 2.05) is 14.1 Å². The summed E-state index contributed by atoms with van der Waals surface area (Å²) in [5, 5.41) is 3.33. The Kier molecular flexibility index (Phi) is 5.22. The van der Waals surface area contributed by atoms with Crippen molar-refractivity contribution >= 4 is 10.0 Å². The number of hydrogen-bond donors (Lipinski definition) is 1. The smallest absolute Gasteiger partial charge is 0.215 e. The Hall–Kier alpha value is -0.170. The van der Waals surface area contributed by atoms with E-state index in [0.29, 0.717) is 19.1 Å². The normalized spacial score (nSPS) is 30.7. The van der Waals surface area contributed by atoms with Gasteiger partial charge >= 0.3 is 0 Å². The van der Waals surface area contributed by atoms with Crippen LogP contribution in [0.25, 0.3) is 0 Å². The molecule has 2 unspecified atom stereocenters. The molecule has 2 aliphatic rings. The van der Waals surface area contributed by atoms with Crippen LogP contribution in [0.4, 0.5) is 0 Å². The Morgan fingerprint density at radius 1 is 1.21 bits per heavy atom. The number of nitrogens with zero attached hydrogens (tertiary/aromatic N) is 2. The van der Waals surface area contributed by atoms with Gasteiger partial charge in [-0.05, 0) is 46.3 Å². The first-order valence-electron chi connectivity index (χ1n) is 7.36. The van der Waals surface area contributed by atoms with Gasteiger partial charge in [0.1, 0.15) is 0 Å². The number of piperidine rings is 2. The summed E-state index contributed by atoms with van der Waals surface area (Å²) in [6.07, 6.45) is 5.38. The van der Waals surface area contributed by atoms with E-state index in [0.717, 1.165) is 32.2 Å². The van der Waals surface area contributed by atoms with Crippen LogP contribution in [0.1, 0.15) is 32.1 Å². The third-order valence-electron chi connectivity index (χ3n) is 4.31. The van der Waals surface area contributed by atoms with Crippen molar-refractivity contribution in [1.82, 2.24) is 14.5 Å². The molecule has 0 aromatic heterocycles. The molecule has 0 bridgehead atoms. The topological polar surface area (TPSA) is 52.7 Å². The number of likely N-dealkylation sites (N-methyl/N-ethyl adjacent to an activating group) is 1. The molecule has 0 spiro atoms. The minimum absolute atomic E-state index is 0.151. The number of sulfonamides is 1. The summed E-state index contributed by atoms with van der Waals surface area (Å²) in [5.41, 5.74) is 0. The van der Waals surface area contributed by atoms with Gasteiger partial charge in [0.2, 0.25) is 10.0 Å². The first kappa shape index (κ1) is 15.2. The van der Waals surface area contributed by atoms with Gasteiger partial charge in [-0.1, -0.05) is 6.42 Å². The number of nitrogens with one attached hydrogen (secondary N) is 1. The predicted octanol–water partition coefficient (Wildman–Crippen LogP) is 0.484. The van der Waals surface area contributed by atoms with E-state index in [-0.39, 0.29) is 11.8 Å². The van der Waals surface area contributed by atoms with Gasteiger partial charge in [0.15, 0.2) is 0 Å². The molecule has 2 heterocycles. The molecule has 2 aliphatic heterocycles. The fraction of sp³-hybridized carbons (Fsp3) is 1.00. The molecule has 0 saturated carbocycles. The molecular weight excluding hydrogens is 262 g/mol. The largest absolute Gasteiger partial charge is 0.313 e. The van der Waals surface area contributed by atoms with Crippen molar-refractivity contribution in [3.8, 4) is 0 Å². The van der Waals surface area contributed by atoms with Crippen LogP contribution in [0.2, 0.25) is 0 Å². The molecule has 0 aromatic carbocycles. The van der Waals surface area contributed by atoms with E-state index in [2.05, 4.69) is 10.2 Å². The SMILES string of the molecule is CN(C)C1CCCN(S(=O)(=O)CC2CCCCN2)C1. The van der Waals surface area contributed by atoms with Crippen LogP contribution < -0.4 is 5.32 Å². The fourth-order valence-corrected chi connectivity index (χ4v) is 4.83. The molecule has 19 heavy (non-hydrogen) atoms. The summed E-state index contributed by atoms with van der Waals surface area (Å²) < 4.78 is 26.7. The van der Waals surface area contributed by atoms with Crippen molar-refractivity contribution in [3.63, 3.8) is 0 Å². The lowest BCUT2D eigenvalue weighted by Gasteiger charge is -2.36. The van der Waals surface area contributed by atoms with Crippen molar-refractivity contribution in [1.29, 1.82) is 0 Å². The molecule has 5 nitrogen and oxygen atoms in total. The van der Waals surface area contributed by atoms with E-state index in [9.17, 15) is 8.42 Å². The van der Waals surface area contributed by atoms with Gasteiger partial charge in [0.25, 0.3) is 0 Å². The van der Waals surface area contributed by atoms with Crippen LogP contribution >= 0.6 is 0 Å². The Morgan fingerprint density at radius 2 is 2.00 bits per heavy atom. The van der Waals surface area contributed by atoms with Gasteiger partial charge in [0, 0.05) is 25.2 Å². The van der Waals surface area contributed by atoms with Crippen molar-refractivity contribution in [2.75, 3.05) is 39.5 Å². The van der Waals surface area contributed by atoms with Gasteiger partial charge in [0.05, 0.1) is 5.75 Å². The first-order valence-corrected chi connectivity index (χ1v) is 8.97. The summed E-state index contributed by atoms with van der Waals surface area (Å²) in [7, 11) is 0.957. The molecule has 0 aliphatic carbocycles. The Balaban J connectivity index is 1.94. The zero-order chi connectivity index (χ0) is 13.9. The molecule has 112 valence electrons. The second kappa shape index (κ2) is 6.52. The highest BCUT2D eigenvalue weighted by atomic mass is 32.2. The molecule has 2 atom stereocenters. The third kappa shape index (κ3) is 4.15. The Morgan fingerprint density at radius 3 is 2.63 bits per heavy atom. The average Bonchev–Trinajstić information content (AvgIpc) is 2.39. The quantitative estimate of drug-likeness (QED) is 0.818. The van der Waals surface area contributed by atoms with Crippen molar-refractivity contribution in [3.05, 3.63) is 0 Å². The van der Waals surface area contributed by atoms with E-state index in [1.54, 1.807) is 4.31 Å². The summed E-state index contributed by atoms with van der Waals surface area (Å²) in [4.78, 5) is 2.14. The molecule has 0 aromatic rings. The summed E-state index contributed by atoms with van der Waals surface area (Å²) in [5.74, 6) is 0.271. The summed E-state index contributed by atoms with van der Waals surface area (Å²) in [6.45, 7) is 2.31. The van der Waals surface area contributed by atoms with Crippen LogP contribution in [0, 0.1) is 0 Å². The van der Waals surface area contributed by atoms with Gasteiger partial charge in [-0.2, -0.15) is 0 Å². The molecule has 1 N–H and O–H groups in total. The van der Waals surface area contributed by atoms with E-state index < -0.39 is 10.0 Å². The standard InChI is InChI=1S/C13H27N3O2S/c1-15(2)13-7-5-9-16(10-13)19(17,18)11-12-6-3-4-8-14-12/h12-14H,3-11H2,1-2H3. The van der Waals surface area contributed by atoms with E-state index >= 15 is 0 Å². The van der Waals surface area contributed by atoms with Gasteiger partial charge < -0.3 is 10.2 Å². The zero-order valence-corrected chi connectivity index (χ0v) is 13.0. The second-order valence-electron chi connectivity index (χ2n) is 6.04. The number of rotatable bonds is 4. The maximum absolute atomic E-state index is 12.5. The lowest BCUT2D eigenvalue weighted by Crippen LogP contribution is -2.50. The van der Waals surface area contributed by atoms with Crippen LogP contribution in [0.15, 0.2) is 0 Å². The van der Waals surface area contributed by atoms with Gasteiger partial charge in [-0.3, -0.25) is 0 Å². The predicted molar refractivity (Wildman–Crippen MR) is 77.7 cm³/mol. The van der Waals surface area contributed by atoms with E-state index in [1.165, 1.54) is 6.42 Å². The lowest BCUT2D eigenvalue weighted by molar-refractivity contribution is 0.190. The highest BCUT2D eigenvalue weighted by Gasteiger charge is 2.31. The third-order valence-corrected chi connectivity index (χ3v) is 6.25. The van der Waals surface area contributed by atoms with Crippen LogP contribution in [-0.2, 0) is 10.0 Å². The molecular formula is C13H27N3O2S. The summed E-state index contributed by atoms with van der Waals surface area (Å²) in [6, 6.07) is 0.515. The van der Waals surface area contributed by atoms with Crippen LogP contribution in [-0.4, -0.2) is 69.2 Å². The van der Waals surface area contributed by atoms with Crippen LogP contribution in [0.5, 0.6) is 0 Å². The highest BCUT2D eigenvalue weighted by Crippen LogP contribution is 2.19. The minimum atomic E-state index is -3.11. The molecule has 0 radical (unpaired) electrons. The van der Waals surface area contributed by atoms with Crippen molar-refractivity contribution in [2.24, 2.45) is 0 Å². The van der Waals surface area contributed by atoms with Crippen molar-refractivity contribution in [2.45, 2.75) is 44.2 Å². The fourth-order valence-electron chi connectivity index (χ4n) is 3.02. The highest BCUT2D eigenvalue weighted by molar-refractivity contribution is 7.89. The Bertz CT molecular complexity index is 377. The second-order valence-corrected chi connectivity index (χ2v) is 8.06. The molecule has 2 rings (SSSR count). The number of hydrogen-bond acceptors (Lipinski definition) is 4. The average molecular weight is 289 g/mol.